The van der Waals surface area contributed by atoms with Gasteiger partial charge >= 0.3 is 0 Å². The van der Waals surface area contributed by atoms with Gasteiger partial charge in [-0.3, -0.25) is 4.90 Å². The lowest BCUT2D eigenvalue weighted by Gasteiger charge is -2.23. The van der Waals surface area contributed by atoms with E-state index in [0.717, 1.165) is 12.3 Å². The molecule has 0 radical (unpaired) electrons. The summed E-state index contributed by atoms with van der Waals surface area (Å²) in [6, 6.07) is 4.90. The summed E-state index contributed by atoms with van der Waals surface area (Å²) in [6.07, 6.45) is 5.01. The lowest BCUT2D eigenvalue weighted by atomic mass is 10.2. The Morgan fingerprint density at radius 3 is 2.69 bits per heavy atom. The molecule has 1 unspecified atom stereocenters. The molecule has 0 aliphatic rings. The van der Waals surface area contributed by atoms with Crippen LogP contribution in [0.25, 0.3) is 0 Å². The maximum Gasteiger partial charge on any atom is 0.0410 e. The minimum Gasteiger partial charge on any atom is -0.299 e. The second-order valence-electron chi connectivity index (χ2n) is 4.28. The van der Waals surface area contributed by atoms with E-state index in [0.29, 0.717) is 6.04 Å². The third kappa shape index (κ3) is 4.86. The zero-order chi connectivity index (χ0) is 11.8. The number of hydrogen-bond acceptors (Lipinski definition) is 2. The molecule has 1 atom stereocenters. The Kier molecular flexibility index (Phi) is 7.10. The molecule has 0 aliphatic carbocycles. The molecule has 16 heavy (non-hydrogen) atoms. The summed E-state index contributed by atoms with van der Waals surface area (Å²) < 4.78 is 0. The maximum absolute atomic E-state index is 5.65. The summed E-state index contributed by atoms with van der Waals surface area (Å²) in [6.45, 7) is 3.46. The number of thiophene rings is 1. The van der Waals surface area contributed by atoms with Crippen LogP contribution in [0.4, 0.5) is 0 Å². The van der Waals surface area contributed by atoms with Gasteiger partial charge in [0.2, 0.25) is 0 Å². The fraction of sp³-hybridized carbons (Fsp3) is 0.692. The molecule has 0 fully saturated rings. The molecule has 1 nitrogen and oxygen atoms in total. The van der Waals surface area contributed by atoms with E-state index in [2.05, 4.69) is 36.4 Å². The molecule has 1 heterocycles. The average Bonchev–Trinajstić information content (AvgIpc) is 2.81. The van der Waals surface area contributed by atoms with Crippen molar-refractivity contribution >= 4 is 22.9 Å². The Balaban J connectivity index is 2.17. The SMILES string of the molecule is CC(c1cccs1)N(C)CCCCCCCl. The molecule has 1 aromatic rings. The van der Waals surface area contributed by atoms with E-state index in [-0.39, 0.29) is 0 Å². The van der Waals surface area contributed by atoms with Crippen LogP contribution in [0.5, 0.6) is 0 Å². The van der Waals surface area contributed by atoms with Crippen molar-refractivity contribution in [3.63, 3.8) is 0 Å². The molecule has 0 aromatic carbocycles. The number of alkyl halides is 1. The van der Waals surface area contributed by atoms with Crippen LogP contribution in [0.15, 0.2) is 17.5 Å². The fourth-order valence-corrected chi connectivity index (χ4v) is 2.79. The van der Waals surface area contributed by atoms with E-state index in [1.807, 2.05) is 11.3 Å². The van der Waals surface area contributed by atoms with Crippen LogP contribution in [0.1, 0.15) is 43.5 Å². The highest BCUT2D eigenvalue weighted by atomic mass is 35.5. The zero-order valence-corrected chi connectivity index (χ0v) is 11.9. The molecule has 0 aliphatic heterocycles. The lowest BCUT2D eigenvalue weighted by Crippen LogP contribution is -2.22. The summed E-state index contributed by atoms with van der Waals surface area (Å²) in [4.78, 5) is 3.90. The van der Waals surface area contributed by atoms with E-state index in [4.69, 9.17) is 11.6 Å². The van der Waals surface area contributed by atoms with Gasteiger partial charge in [-0.05, 0) is 44.8 Å². The standard InChI is InChI=1S/C13H22ClNS/c1-12(13-8-7-11-16-13)15(2)10-6-4-3-5-9-14/h7-8,11-12H,3-6,9-10H2,1-2H3. The lowest BCUT2D eigenvalue weighted by molar-refractivity contribution is 0.258. The molecule has 0 amide bonds. The van der Waals surface area contributed by atoms with Crippen LogP contribution in [-0.4, -0.2) is 24.4 Å². The molecule has 0 bridgehead atoms. The van der Waals surface area contributed by atoms with Crippen molar-refractivity contribution < 1.29 is 0 Å². The Hall–Kier alpha value is -0.0500. The molecule has 1 rings (SSSR count). The van der Waals surface area contributed by atoms with E-state index >= 15 is 0 Å². The summed E-state index contributed by atoms with van der Waals surface area (Å²) in [5, 5.41) is 2.15. The summed E-state index contributed by atoms with van der Waals surface area (Å²) in [5.74, 6) is 0.807. The van der Waals surface area contributed by atoms with E-state index < -0.39 is 0 Å². The molecular formula is C13H22ClNS. The molecule has 1 aromatic heterocycles. The largest absolute Gasteiger partial charge is 0.299 e. The first-order valence-electron chi connectivity index (χ1n) is 6.05. The minimum absolute atomic E-state index is 0.549. The molecule has 0 spiro atoms. The van der Waals surface area contributed by atoms with Gasteiger partial charge in [0, 0.05) is 16.8 Å². The van der Waals surface area contributed by atoms with Gasteiger partial charge in [0.1, 0.15) is 0 Å². The summed E-state index contributed by atoms with van der Waals surface area (Å²) >= 11 is 7.50. The minimum atomic E-state index is 0.549. The second-order valence-corrected chi connectivity index (χ2v) is 5.63. The van der Waals surface area contributed by atoms with Crippen molar-refractivity contribution in [2.24, 2.45) is 0 Å². The third-order valence-corrected chi connectivity index (χ3v) is 4.32. The van der Waals surface area contributed by atoms with Gasteiger partial charge in [-0.15, -0.1) is 22.9 Å². The van der Waals surface area contributed by atoms with Crippen molar-refractivity contribution in [2.75, 3.05) is 19.5 Å². The molecule has 3 heteroatoms. The van der Waals surface area contributed by atoms with Crippen LogP contribution in [0, 0.1) is 0 Å². The highest BCUT2D eigenvalue weighted by Crippen LogP contribution is 2.23. The molecule has 0 saturated heterocycles. The first kappa shape index (κ1) is 14.0. The molecule has 92 valence electrons. The van der Waals surface area contributed by atoms with Crippen molar-refractivity contribution in [2.45, 2.75) is 38.6 Å². The monoisotopic (exact) mass is 259 g/mol. The van der Waals surface area contributed by atoms with Crippen LogP contribution in [-0.2, 0) is 0 Å². The zero-order valence-electron chi connectivity index (χ0n) is 10.3. The normalized spacial score (nSPS) is 13.2. The van der Waals surface area contributed by atoms with Gasteiger partial charge in [0.25, 0.3) is 0 Å². The van der Waals surface area contributed by atoms with Crippen LogP contribution in [0.2, 0.25) is 0 Å². The van der Waals surface area contributed by atoms with Crippen LogP contribution in [0.3, 0.4) is 0 Å². The third-order valence-electron chi connectivity index (χ3n) is 3.01. The number of halogens is 1. The Morgan fingerprint density at radius 1 is 1.31 bits per heavy atom. The predicted molar refractivity (Wildman–Crippen MR) is 74.6 cm³/mol. The van der Waals surface area contributed by atoms with Gasteiger partial charge in [0.15, 0.2) is 0 Å². The molecule has 0 saturated carbocycles. The number of nitrogens with zero attached hydrogens (tertiary/aromatic N) is 1. The average molecular weight is 260 g/mol. The molecular weight excluding hydrogens is 238 g/mol. The van der Waals surface area contributed by atoms with Gasteiger partial charge in [-0.1, -0.05) is 18.9 Å². The smallest absolute Gasteiger partial charge is 0.0410 e. The van der Waals surface area contributed by atoms with Crippen molar-refractivity contribution in [1.29, 1.82) is 0 Å². The van der Waals surface area contributed by atoms with Gasteiger partial charge < -0.3 is 0 Å². The Labute approximate surface area is 108 Å². The Morgan fingerprint density at radius 2 is 2.06 bits per heavy atom. The van der Waals surface area contributed by atoms with Crippen molar-refractivity contribution in [3.8, 4) is 0 Å². The highest BCUT2D eigenvalue weighted by Gasteiger charge is 2.11. The van der Waals surface area contributed by atoms with Crippen molar-refractivity contribution in [3.05, 3.63) is 22.4 Å². The van der Waals surface area contributed by atoms with Gasteiger partial charge in [-0.25, -0.2) is 0 Å². The Bertz CT molecular complexity index is 261. The van der Waals surface area contributed by atoms with Gasteiger partial charge in [-0.2, -0.15) is 0 Å². The van der Waals surface area contributed by atoms with E-state index in [1.165, 1.54) is 30.7 Å². The van der Waals surface area contributed by atoms with E-state index in [1.54, 1.807) is 0 Å². The quantitative estimate of drug-likeness (QED) is 0.489. The van der Waals surface area contributed by atoms with Gasteiger partial charge in [0.05, 0.1) is 0 Å². The first-order valence-corrected chi connectivity index (χ1v) is 7.46. The second kappa shape index (κ2) is 8.10. The number of hydrogen-bond donors (Lipinski definition) is 0. The summed E-state index contributed by atoms with van der Waals surface area (Å²) in [7, 11) is 2.21. The van der Waals surface area contributed by atoms with Crippen LogP contribution < -0.4 is 0 Å². The maximum atomic E-state index is 5.65. The highest BCUT2D eigenvalue weighted by molar-refractivity contribution is 7.10. The summed E-state index contributed by atoms with van der Waals surface area (Å²) in [5.41, 5.74) is 0. The molecule has 0 N–H and O–H groups in total. The van der Waals surface area contributed by atoms with Crippen molar-refractivity contribution in [1.82, 2.24) is 4.90 Å². The topological polar surface area (TPSA) is 3.24 Å². The number of rotatable bonds is 8. The fourth-order valence-electron chi connectivity index (χ4n) is 1.75. The van der Waals surface area contributed by atoms with Crippen LogP contribution >= 0.6 is 22.9 Å². The predicted octanol–water partition coefficient (Wildman–Crippen LogP) is 4.54. The number of unbranched alkanes of at least 4 members (excludes halogenated alkanes) is 3. The van der Waals surface area contributed by atoms with E-state index in [9.17, 15) is 0 Å². The first-order chi connectivity index (χ1) is 7.75.